The second-order valence-electron chi connectivity index (χ2n) is 5.08. The van der Waals surface area contributed by atoms with E-state index in [1.54, 1.807) is 12.3 Å². The van der Waals surface area contributed by atoms with Crippen LogP contribution in [0.1, 0.15) is 30.2 Å². The van der Waals surface area contributed by atoms with Gasteiger partial charge in [0.1, 0.15) is 11.5 Å². The predicted molar refractivity (Wildman–Crippen MR) is 81.2 cm³/mol. The number of carbonyl (C=O) groups excluding carboxylic acids is 1. The maximum absolute atomic E-state index is 12.2. The molecule has 2 rings (SSSR count). The minimum atomic E-state index is -0.499. The Morgan fingerprint density at radius 2 is 2.14 bits per heavy atom. The molecule has 1 heterocycles. The molecule has 21 heavy (non-hydrogen) atoms. The summed E-state index contributed by atoms with van der Waals surface area (Å²) in [5.74, 6) is 1.35. The van der Waals surface area contributed by atoms with E-state index in [1.807, 2.05) is 45.0 Å². The summed E-state index contributed by atoms with van der Waals surface area (Å²) in [6.45, 7) is 6.32. The van der Waals surface area contributed by atoms with Crippen LogP contribution in [0.3, 0.4) is 0 Å². The summed E-state index contributed by atoms with van der Waals surface area (Å²) in [6.07, 6.45) is 1.70. The van der Waals surface area contributed by atoms with Gasteiger partial charge in [-0.25, -0.2) is 0 Å². The van der Waals surface area contributed by atoms with Gasteiger partial charge in [-0.05, 0) is 44.0 Å². The maximum atomic E-state index is 12.2. The second-order valence-corrected chi connectivity index (χ2v) is 5.08. The van der Waals surface area contributed by atoms with Crippen molar-refractivity contribution in [2.75, 3.05) is 0 Å². The van der Waals surface area contributed by atoms with Gasteiger partial charge in [0, 0.05) is 0 Å². The smallest absolute Gasteiger partial charge is 0.261 e. The molecule has 1 aromatic carbocycles. The molecule has 0 bridgehead atoms. The summed E-state index contributed by atoms with van der Waals surface area (Å²) >= 11 is 0. The molecule has 4 heteroatoms. The van der Waals surface area contributed by atoms with E-state index in [0.717, 1.165) is 17.1 Å². The zero-order chi connectivity index (χ0) is 15.2. The molecular formula is C17H21NO3. The number of aryl methyl sites for hydroxylation is 2. The van der Waals surface area contributed by atoms with Gasteiger partial charge in [0.15, 0.2) is 6.10 Å². The summed E-state index contributed by atoms with van der Waals surface area (Å²) in [5.41, 5.74) is 2.21. The lowest BCUT2D eigenvalue weighted by molar-refractivity contribution is -0.128. The standard InChI is InChI=1S/C17H21NO3/c1-4-15(17(19)18-11-14-6-5-9-20-14)21-16-8-7-12(2)10-13(16)3/h5-10,15H,4,11H2,1-3H3,(H,18,19). The summed E-state index contributed by atoms with van der Waals surface area (Å²) in [5, 5.41) is 2.83. The van der Waals surface area contributed by atoms with Crippen molar-refractivity contribution in [3.63, 3.8) is 0 Å². The van der Waals surface area contributed by atoms with Gasteiger partial charge in [-0.15, -0.1) is 0 Å². The van der Waals surface area contributed by atoms with Crippen LogP contribution >= 0.6 is 0 Å². The van der Waals surface area contributed by atoms with Crippen molar-refractivity contribution in [3.8, 4) is 5.75 Å². The number of rotatable bonds is 6. The van der Waals surface area contributed by atoms with Crippen LogP contribution in [0.5, 0.6) is 5.75 Å². The van der Waals surface area contributed by atoms with Crippen LogP contribution < -0.4 is 10.1 Å². The van der Waals surface area contributed by atoms with Crippen molar-refractivity contribution < 1.29 is 13.9 Å². The highest BCUT2D eigenvalue weighted by atomic mass is 16.5. The van der Waals surface area contributed by atoms with Crippen molar-refractivity contribution >= 4 is 5.91 Å². The van der Waals surface area contributed by atoms with Gasteiger partial charge < -0.3 is 14.5 Å². The molecule has 0 saturated heterocycles. The van der Waals surface area contributed by atoms with Crippen LogP contribution in [0.4, 0.5) is 0 Å². The van der Waals surface area contributed by atoms with Crippen LogP contribution in [0.15, 0.2) is 41.0 Å². The Morgan fingerprint density at radius 3 is 2.76 bits per heavy atom. The van der Waals surface area contributed by atoms with Gasteiger partial charge in [-0.1, -0.05) is 24.6 Å². The number of benzene rings is 1. The summed E-state index contributed by atoms with van der Waals surface area (Å²) in [6, 6.07) is 9.56. The highest BCUT2D eigenvalue weighted by Crippen LogP contribution is 2.20. The topological polar surface area (TPSA) is 51.5 Å². The molecule has 1 unspecified atom stereocenters. The molecule has 0 aliphatic heterocycles. The summed E-state index contributed by atoms with van der Waals surface area (Å²) in [4.78, 5) is 12.2. The molecule has 0 saturated carbocycles. The van der Waals surface area contributed by atoms with Gasteiger partial charge in [-0.2, -0.15) is 0 Å². The molecular weight excluding hydrogens is 266 g/mol. The first-order chi connectivity index (χ1) is 10.1. The highest BCUT2D eigenvalue weighted by molar-refractivity contribution is 5.81. The van der Waals surface area contributed by atoms with Crippen LogP contribution in [-0.2, 0) is 11.3 Å². The average molecular weight is 287 g/mol. The molecule has 0 fully saturated rings. The third kappa shape index (κ3) is 4.12. The van der Waals surface area contributed by atoms with Crippen molar-refractivity contribution in [2.45, 2.75) is 39.8 Å². The first kappa shape index (κ1) is 15.2. The largest absolute Gasteiger partial charge is 0.480 e. The number of carbonyl (C=O) groups is 1. The SMILES string of the molecule is CCC(Oc1ccc(C)cc1C)C(=O)NCc1ccco1. The van der Waals surface area contributed by atoms with E-state index in [2.05, 4.69) is 5.32 Å². The van der Waals surface area contributed by atoms with Crippen LogP contribution in [0.2, 0.25) is 0 Å². The molecule has 1 atom stereocenters. The first-order valence-corrected chi connectivity index (χ1v) is 7.14. The molecule has 1 N–H and O–H groups in total. The molecule has 4 nitrogen and oxygen atoms in total. The molecule has 0 radical (unpaired) electrons. The highest BCUT2D eigenvalue weighted by Gasteiger charge is 2.19. The number of ether oxygens (including phenoxy) is 1. The van der Waals surface area contributed by atoms with Crippen molar-refractivity contribution in [3.05, 3.63) is 53.5 Å². The zero-order valence-corrected chi connectivity index (χ0v) is 12.7. The third-order valence-corrected chi connectivity index (χ3v) is 3.28. The van der Waals surface area contributed by atoms with E-state index in [0.29, 0.717) is 13.0 Å². The van der Waals surface area contributed by atoms with E-state index >= 15 is 0 Å². The lowest BCUT2D eigenvalue weighted by Gasteiger charge is -2.18. The number of amides is 1. The Labute approximate surface area is 125 Å². The molecule has 1 amide bonds. The van der Waals surface area contributed by atoms with E-state index in [9.17, 15) is 4.79 Å². The number of nitrogens with one attached hydrogen (secondary N) is 1. The van der Waals surface area contributed by atoms with E-state index < -0.39 is 6.10 Å². The molecule has 112 valence electrons. The van der Waals surface area contributed by atoms with E-state index in [-0.39, 0.29) is 5.91 Å². The van der Waals surface area contributed by atoms with Gasteiger partial charge in [0.05, 0.1) is 12.8 Å². The minimum absolute atomic E-state index is 0.131. The van der Waals surface area contributed by atoms with Crippen LogP contribution in [0.25, 0.3) is 0 Å². The Bertz CT molecular complexity index is 590. The quantitative estimate of drug-likeness (QED) is 0.886. The van der Waals surface area contributed by atoms with Crippen LogP contribution in [0, 0.1) is 13.8 Å². The fourth-order valence-electron chi connectivity index (χ4n) is 2.11. The Morgan fingerprint density at radius 1 is 1.33 bits per heavy atom. The van der Waals surface area contributed by atoms with Crippen molar-refractivity contribution in [2.24, 2.45) is 0 Å². The van der Waals surface area contributed by atoms with E-state index in [1.165, 1.54) is 5.56 Å². The fourth-order valence-corrected chi connectivity index (χ4v) is 2.11. The Balaban J connectivity index is 1.96. The lowest BCUT2D eigenvalue weighted by Crippen LogP contribution is -2.37. The second kappa shape index (κ2) is 6.97. The summed E-state index contributed by atoms with van der Waals surface area (Å²) in [7, 11) is 0. The van der Waals surface area contributed by atoms with E-state index in [4.69, 9.17) is 9.15 Å². The third-order valence-electron chi connectivity index (χ3n) is 3.28. The number of hydrogen-bond donors (Lipinski definition) is 1. The Kier molecular flexibility index (Phi) is 5.04. The number of furan rings is 1. The monoisotopic (exact) mass is 287 g/mol. The van der Waals surface area contributed by atoms with Crippen LogP contribution in [-0.4, -0.2) is 12.0 Å². The molecule has 0 spiro atoms. The summed E-state index contributed by atoms with van der Waals surface area (Å²) < 4.78 is 11.0. The predicted octanol–water partition coefficient (Wildman–Crippen LogP) is 3.37. The normalized spacial score (nSPS) is 12.0. The van der Waals surface area contributed by atoms with Crippen molar-refractivity contribution in [1.29, 1.82) is 0 Å². The van der Waals surface area contributed by atoms with Crippen molar-refractivity contribution in [1.82, 2.24) is 5.32 Å². The lowest BCUT2D eigenvalue weighted by atomic mass is 10.1. The molecule has 1 aromatic heterocycles. The van der Waals surface area contributed by atoms with Gasteiger partial charge in [0.2, 0.25) is 0 Å². The first-order valence-electron chi connectivity index (χ1n) is 7.14. The minimum Gasteiger partial charge on any atom is -0.480 e. The molecule has 2 aromatic rings. The average Bonchev–Trinajstić information content (AvgIpc) is 2.97. The fraction of sp³-hybridized carbons (Fsp3) is 0.353. The number of hydrogen-bond acceptors (Lipinski definition) is 3. The maximum Gasteiger partial charge on any atom is 0.261 e. The Hall–Kier alpha value is -2.23. The molecule has 0 aliphatic carbocycles. The van der Waals surface area contributed by atoms with Gasteiger partial charge in [-0.3, -0.25) is 4.79 Å². The molecule has 0 aliphatic rings. The van der Waals surface area contributed by atoms with Gasteiger partial charge >= 0.3 is 0 Å². The van der Waals surface area contributed by atoms with Gasteiger partial charge in [0.25, 0.3) is 5.91 Å². The zero-order valence-electron chi connectivity index (χ0n) is 12.7.